The Balaban J connectivity index is 2.00. The van der Waals surface area contributed by atoms with E-state index in [0.29, 0.717) is 10.6 Å². The van der Waals surface area contributed by atoms with E-state index in [9.17, 15) is 0 Å². The fraction of sp³-hybridized carbons (Fsp3) is 0. The molecule has 2 heteroatoms. The van der Waals surface area contributed by atoms with E-state index in [1.54, 1.807) is 0 Å². The fourth-order valence-corrected chi connectivity index (χ4v) is 2.50. The Kier molecular flexibility index (Phi) is 3.73. The third kappa shape index (κ3) is 2.97. The van der Waals surface area contributed by atoms with Gasteiger partial charge in [0.15, 0.2) is 0 Å². The van der Waals surface area contributed by atoms with Crippen LogP contribution in [0.25, 0.3) is 21.9 Å². The highest BCUT2D eigenvalue weighted by molar-refractivity contribution is 6.51. The lowest BCUT2D eigenvalue weighted by Crippen LogP contribution is -1.80. The predicted octanol–water partition coefficient (Wildman–Crippen LogP) is 5.45. The summed E-state index contributed by atoms with van der Waals surface area (Å²) >= 11 is 6.36. The van der Waals surface area contributed by atoms with E-state index >= 15 is 0 Å². The van der Waals surface area contributed by atoms with Crippen LogP contribution in [0.5, 0.6) is 0 Å². The molecule has 21 heavy (non-hydrogen) atoms. The minimum atomic E-state index is 0.674. The highest BCUT2D eigenvalue weighted by Crippen LogP contribution is 2.24. The number of halogens is 1. The van der Waals surface area contributed by atoms with Gasteiger partial charge in [-0.3, -0.25) is 0 Å². The van der Waals surface area contributed by atoms with Crippen molar-refractivity contribution in [1.82, 2.24) is 0 Å². The van der Waals surface area contributed by atoms with Gasteiger partial charge in [0.1, 0.15) is 0 Å². The van der Waals surface area contributed by atoms with Gasteiger partial charge in [-0.1, -0.05) is 60.1 Å². The largest absolute Gasteiger partial charge is 0.192 e. The summed E-state index contributed by atoms with van der Waals surface area (Å²) in [5.41, 5.74) is 2.72. The molecule has 0 aromatic heterocycles. The second-order valence-electron chi connectivity index (χ2n) is 4.79. The first kappa shape index (κ1) is 13.4. The van der Waals surface area contributed by atoms with Crippen molar-refractivity contribution >= 4 is 33.5 Å². The second-order valence-corrected chi connectivity index (χ2v) is 5.20. The van der Waals surface area contributed by atoms with Gasteiger partial charge in [-0.2, -0.15) is 5.26 Å². The van der Waals surface area contributed by atoms with Crippen molar-refractivity contribution in [3.8, 4) is 6.07 Å². The topological polar surface area (TPSA) is 23.8 Å². The smallest absolute Gasteiger partial charge is 0.0991 e. The van der Waals surface area contributed by atoms with E-state index in [1.165, 1.54) is 0 Å². The predicted molar refractivity (Wildman–Crippen MR) is 88.8 cm³/mol. The van der Waals surface area contributed by atoms with Gasteiger partial charge >= 0.3 is 0 Å². The molecule has 0 atom stereocenters. The molecule has 0 fully saturated rings. The monoisotopic (exact) mass is 289 g/mol. The van der Waals surface area contributed by atoms with E-state index in [2.05, 4.69) is 12.1 Å². The average Bonchev–Trinajstić information content (AvgIpc) is 2.55. The number of rotatable bonds is 2. The van der Waals surface area contributed by atoms with Gasteiger partial charge in [0.2, 0.25) is 0 Å². The third-order valence-corrected chi connectivity index (χ3v) is 3.66. The highest BCUT2D eigenvalue weighted by atomic mass is 35.5. The molecular weight excluding hydrogens is 278 g/mol. The van der Waals surface area contributed by atoms with Gasteiger partial charge in [0.05, 0.1) is 11.6 Å². The van der Waals surface area contributed by atoms with Crippen molar-refractivity contribution in [2.75, 3.05) is 0 Å². The Morgan fingerprint density at radius 2 is 1.62 bits per heavy atom. The molecule has 0 N–H and O–H groups in total. The summed E-state index contributed by atoms with van der Waals surface area (Å²) < 4.78 is 0. The molecule has 0 aliphatic heterocycles. The SMILES string of the molecule is N#Cc1ccc2cc(/C=C(\Cl)c3ccccc3)ccc2c1. The zero-order chi connectivity index (χ0) is 14.7. The summed E-state index contributed by atoms with van der Waals surface area (Å²) in [6.07, 6.45) is 1.95. The van der Waals surface area contributed by atoms with Gasteiger partial charge in [-0.05, 0) is 46.2 Å². The first-order chi connectivity index (χ1) is 10.3. The highest BCUT2D eigenvalue weighted by Gasteiger charge is 2.00. The normalized spacial score (nSPS) is 11.3. The molecule has 100 valence electrons. The van der Waals surface area contributed by atoms with Crippen LogP contribution in [0.2, 0.25) is 0 Å². The van der Waals surface area contributed by atoms with Crippen molar-refractivity contribution in [1.29, 1.82) is 5.26 Å². The molecule has 0 saturated carbocycles. The van der Waals surface area contributed by atoms with Gasteiger partial charge in [-0.15, -0.1) is 0 Å². The Labute approximate surface area is 128 Å². The Morgan fingerprint density at radius 3 is 2.38 bits per heavy atom. The number of hydrogen-bond acceptors (Lipinski definition) is 1. The van der Waals surface area contributed by atoms with Gasteiger partial charge in [0.25, 0.3) is 0 Å². The minimum Gasteiger partial charge on any atom is -0.192 e. The molecule has 0 aliphatic carbocycles. The van der Waals surface area contributed by atoms with Gasteiger partial charge in [-0.25, -0.2) is 0 Å². The maximum absolute atomic E-state index is 8.92. The summed E-state index contributed by atoms with van der Waals surface area (Å²) in [5.74, 6) is 0. The number of hydrogen-bond donors (Lipinski definition) is 0. The maximum atomic E-state index is 8.92. The average molecular weight is 290 g/mol. The molecule has 3 rings (SSSR count). The molecule has 0 bridgehead atoms. The molecule has 0 heterocycles. The molecule has 0 amide bonds. The zero-order valence-electron chi connectivity index (χ0n) is 11.3. The van der Waals surface area contributed by atoms with E-state index in [4.69, 9.17) is 16.9 Å². The summed E-state index contributed by atoms with van der Waals surface area (Å²) in [7, 11) is 0. The lowest BCUT2D eigenvalue weighted by molar-refractivity contribution is 1.50. The van der Waals surface area contributed by atoms with E-state index in [0.717, 1.165) is 21.9 Å². The molecule has 0 spiro atoms. The Hall–Kier alpha value is -2.56. The molecular formula is C19H12ClN. The fourth-order valence-electron chi connectivity index (χ4n) is 2.25. The first-order valence-corrected chi connectivity index (χ1v) is 7.00. The lowest BCUT2D eigenvalue weighted by atomic mass is 10.0. The van der Waals surface area contributed by atoms with Crippen molar-refractivity contribution in [2.45, 2.75) is 0 Å². The van der Waals surface area contributed by atoms with E-state index in [-0.39, 0.29) is 0 Å². The molecule has 3 aromatic rings. The van der Waals surface area contributed by atoms with Crippen LogP contribution in [0, 0.1) is 11.3 Å². The number of nitrogens with zero attached hydrogens (tertiary/aromatic N) is 1. The summed E-state index contributed by atoms with van der Waals surface area (Å²) in [5, 5.41) is 11.8. The third-order valence-electron chi connectivity index (χ3n) is 3.34. The molecule has 0 radical (unpaired) electrons. The number of nitriles is 1. The first-order valence-electron chi connectivity index (χ1n) is 6.63. The maximum Gasteiger partial charge on any atom is 0.0991 e. The van der Waals surface area contributed by atoms with E-state index < -0.39 is 0 Å². The summed E-state index contributed by atoms with van der Waals surface area (Å²) in [6, 6.07) is 23.8. The van der Waals surface area contributed by atoms with Crippen LogP contribution in [0.1, 0.15) is 16.7 Å². The van der Waals surface area contributed by atoms with Crippen molar-refractivity contribution in [3.63, 3.8) is 0 Å². The lowest BCUT2D eigenvalue weighted by Gasteiger charge is -2.02. The van der Waals surface area contributed by atoms with Crippen LogP contribution in [0.3, 0.4) is 0 Å². The number of fused-ring (bicyclic) bond motifs is 1. The van der Waals surface area contributed by atoms with Crippen LogP contribution in [0.4, 0.5) is 0 Å². The molecule has 0 saturated heterocycles. The van der Waals surface area contributed by atoms with Gasteiger partial charge in [0, 0.05) is 5.03 Å². The van der Waals surface area contributed by atoms with Crippen molar-refractivity contribution < 1.29 is 0 Å². The standard InChI is InChI=1S/C19H12ClN/c20-19(16-4-2-1-3-5-16)12-14-6-8-18-11-15(13-21)7-9-17(18)10-14/h1-12H/b19-12-. The summed E-state index contributed by atoms with van der Waals surface area (Å²) in [4.78, 5) is 0. The van der Waals surface area contributed by atoms with Gasteiger partial charge < -0.3 is 0 Å². The van der Waals surface area contributed by atoms with Crippen molar-refractivity contribution in [3.05, 3.63) is 83.4 Å². The molecule has 3 aromatic carbocycles. The molecule has 0 aliphatic rings. The van der Waals surface area contributed by atoms with E-state index in [1.807, 2.05) is 66.7 Å². The van der Waals surface area contributed by atoms with Crippen LogP contribution >= 0.6 is 11.6 Å². The zero-order valence-corrected chi connectivity index (χ0v) is 12.0. The van der Waals surface area contributed by atoms with Crippen LogP contribution in [-0.2, 0) is 0 Å². The quantitative estimate of drug-likeness (QED) is 0.576. The van der Waals surface area contributed by atoms with Crippen LogP contribution in [-0.4, -0.2) is 0 Å². The number of benzene rings is 3. The Morgan fingerprint density at radius 1 is 0.905 bits per heavy atom. The molecule has 1 nitrogen and oxygen atoms in total. The Bertz CT molecular complexity index is 858. The van der Waals surface area contributed by atoms with Crippen LogP contribution in [0.15, 0.2) is 66.7 Å². The minimum absolute atomic E-state index is 0.674. The molecule has 0 unspecified atom stereocenters. The summed E-state index contributed by atoms with van der Waals surface area (Å²) in [6.45, 7) is 0. The van der Waals surface area contributed by atoms with Crippen LogP contribution < -0.4 is 0 Å². The second kappa shape index (κ2) is 5.83. The van der Waals surface area contributed by atoms with Crippen molar-refractivity contribution in [2.24, 2.45) is 0 Å².